The highest BCUT2D eigenvalue weighted by atomic mass is 35.5. The summed E-state index contributed by atoms with van der Waals surface area (Å²) in [4.78, 5) is 15.5. The molecule has 2 rings (SSSR count). The van der Waals surface area contributed by atoms with Crippen molar-refractivity contribution in [3.8, 4) is 0 Å². The number of carbonyl (C=O) groups is 1. The van der Waals surface area contributed by atoms with E-state index in [1.165, 1.54) is 13.3 Å². The van der Waals surface area contributed by atoms with Crippen molar-refractivity contribution in [2.75, 3.05) is 18.2 Å². The first kappa shape index (κ1) is 13.2. The molecule has 0 saturated heterocycles. The molecule has 0 bridgehead atoms. The third kappa shape index (κ3) is 3.14. The molecule has 19 heavy (non-hydrogen) atoms. The van der Waals surface area contributed by atoms with Crippen LogP contribution in [0.3, 0.4) is 0 Å². The van der Waals surface area contributed by atoms with E-state index < -0.39 is 5.97 Å². The molecule has 5 nitrogen and oxygen atoms in total. The molecule has 3 N–H and O–H groups in total. The number of methoxy groups -OCH3 is 1. The number of nitrogen functional groups attached to an aromatic ring is 1. The van der Waals surface area contributed by atoms with E-state index in [1.54, 1.807) is 30.3 Å². The number of ether oxygens (including phenoxy) is 1. The summed E-state index contributed by atoms with van der Waals surface area (Å²) in [6.07, 6.45) is 1.53. The van der Waals surface area contributed by atoms with Gasteiger partial charge in [0.2, 0.25) is 0 Å². The number of halogens is 1. The summed E-state index contributed by atoms with van der Waals surface area (Å²) in [6.45, 7) is 0. The second-order valence-corrected chi connectivity index (χ2v) is 4.20. The van der Waals surface area contributed by atoms with Crippen molar-refractivity contribution in [1.29, 1.82) is 0 Å². The van der Waals surface area contributed by atoms with Gasteiger partial charge in [0.15, 0.2) is 0 Å². The zero-order valence-electron chi connectivity index (χ0n) is 10.2. The highest BCUT2D eigenvalue weighted by Crippen LogP contribution is 2.26. The van der Waals surface area contributed by atoms with E-state index in [0.29, 0.717) is 27.8 Å². The van der Waals surface area contributed by atoms with Gasteiger partial charge in [-0.2, -0.15) is 0 Å². The summed E-state index contributed by atoms with van der Waals surface area (Å²) in [7, 11) is 1.32. The third-order valence-corrected chi connectivity index (χ3v) is 2.77. The van der Waals surface area contributed by atoms with Crippen LogP contribution in [0.25, 0.3) is 0 Å². The number of hydrogen-bond acceptors (Lipinski definition) is 5. The van der Waals surface area contributed by atoms with Crippen LogP contribution in [0.1, 0.15) is 10.4 Å². The number of esters is 1. The molecule has 1 aromatic carbocycles. The van der Waals surface area contributed by atoms with Gasteiger partial charge >= 0.3 is 5.97 Å². The third-order valence-electron chi connectivity index (χ3n) is 2.44. The van der Waals surface area contributed by atoms with E-state index in [0.717, 1.165) is 0 Å². The van der Waals surface area contributed by atoms with Gasteiger partial charge in [0.05, 0.1) is 35.3 Å². The lowest BCUT2D eigenvalue weighted by Gasteiger charge is -2.09. The molecule has 0 aliphatic rings. The average molecular weight is 278 g/mol. The van der Waals surface area contributed by atoms with E-state index in [-0.39, 0.29) is 0 Å². The van der Waals surface area contributed by atoms with Gasteiger partial charge in [0, 0.05) is 0 Å². The zero-order valence-corrected chi connectivity index (χ0v) is 10.9. The molecule has 0 amide bonds. The van der Waals surface area contributed by atoms with Crippen molar-refractivity contribution in [1.82, 2.24) is 4.98 Å². The molecule has 0 aliphatic carbocycles. The minimum Gasteiger partial charge on any atom is -0.465 e. The average Bonchev–Trinajstić information content (AvgIpc) is 2.43. The van der Waals surface area contributed by atoms with Crippen LogP contribution in [0.2, 0.25) is 5.02 Å². The lowest BCUT2D eigenvalue weighted by atomic mass is 10.2. The van der Waals surface area contributed by atoms with E-state index in [2.05, 4.69) is 15.0 Å². The van der Waals surface area contributed by atoms with Crippen LogP contribution in [0.4, 0.5) is 17.2 Å². The molecule has 0 radical (unpaired) electrons. The summed E-state index contributed by atoms with van der Waals surface area (Å²) in [5.41, 5.74) is 7.10. The number of nitrogens with one attached hydrogen (secondary N) is 1. The molecule has 1 aromatic heterocycles. The van der Waals surface area contributed by atoms with Gasteiger partial charge in [-0.25, -0.2) is 9.78 Å². The Balaban J connectivity index is 2.28. The molecule has 1 heterocycles. The fourth-order valence-electron chi connectivity index (χ4n) is 1.48. The summed E-state index contributed by atoms with van der Waals surface area (Å²) in [5.74, 6) is 0.156. The number of benzene rings is 1. The fraction of sp³-hybridized carbons (Fsp3) is 0.0769. The van der Waals surface area contributed by atoms with Gasteiger partial charge in [-0.15, -0.1) is 0 Å². The number of nitrogens with two attached hydrogens (primary N) is 1. The molecule has 0 saturated carbocycles. The Morgan fingerprint density at radius 2 is 2.16 bits per heavy atom. The molecule has 0 unspecified atom stereocenters. The maximum atomic E-state index is 11.4. The number of anilines is 3. The topological polar surface area (TPSA) is 77.2 Å². The number of pyridine rings is 1. The van der Waals surface area contributed by atoms with Crippen LogP contribution in [0, 0.1) is 0 Å². The van der Waals surface area contributed by atoms with Crippen molar-refractivity contribution in [3.05, 3.63) is 47.1 Å². The Hall–Kier alpha value is -2.27. The van der Waals surface area contributed by atoms with E-state index in [4.69, 9.17) is 17.3 Å². The van der Waals surface area contributed by atoms with Gasteiger partial charge in [-0.05, 0) is 30.3 Å². The Morgan fingerprint density at radius 1 is 1.37 bits per heavy atom. The highest BCUT2D eigenvalue weighted by molar-refractivity contribution is 6.33. The molecule has 2 aromatic rings. The van der Waals surface area contributed by atoms with E-state index in [1.807, 2.05) is 0 Å². The first-order valence-corrected chi connectivity index (χ1v) is 5.84. The smallest absolute Gasteiger partial charge is 0.337 e. The summed E-state index contributed by atoms with van der Waals surface area (Å²) >= 11 is 6.06. The van der Waals surface area contributed by atoms with Crippen LogP contribution in [0.5, 0.6) is 0 Å². The molecule has 0 spiro atoms. The second-order valence-electron chi connectivity index (χ2n) is 3.79. The van der Waals surface area contributed by atoms with Crippen molar-refractivity contribution >= 4 is 34.8 Å². The lowest BCUT2D eigenvalue weighted by molar-refractivity contribution is 0.0601. The summed E-state index contributed by atoms with van der Waals surface area (Å²) in [6, 6.07) is 8.25. The maximum Gasteiger partial charge on any atom is 0.337 e. The molecule has 98 valence electrons. The second kappa shape index (κ2) is 5.58. The van der Waals surface area contributed by atoms with Crippen molar-refractivity contribution in [2.24, 2.45) is 0 Å². The number of nitrogens with zero attached hydrogens (tertiary/aromatic N) is 1. The fourth-order valence-corrected chi connectivity index (χ4v) is 1.65. The minimum absolute atomic E-state index is 0.407. The monoisotopic (exact) mass is 277 g/mol. The van der Waals surface area contributed by atoms with Gasteiger partial charge in [0.25, 0.3) is 0 Å². The van der Waals surface area contributed by atoms with Gasteiger partial charge in [-0.1, -0.05) is 11.6 Å². The van der Waals surface area contributed by atoms with Crippen LogP contribution in [-0.4, -0.2) is 18.1 Å². The molecule has 6 heteroatoms. The largest absolute Gasteiger partial charge is 0.465 e. The Kier molecular flexibility index (Phi) is 3.87. The SMILES string of the molecule is COC(=O)c1ccc(Cl)c(Nc2ccc(N)cn2)c1. The molecule has 0 aliphatic heterocycles. The van der Waals surface area contributed by atoms with Crippen LogP contribution in [0.15, 0.2) is 36.5 Å². The van der Waals surface area contributed by atoms with Crippen molar-refractivity contribution in [3.63, 3.8) is 0 Å². The first-order valence-electron chi connectivity index (χ1n) is 5.46. The van der Waals surface area contributed by atoms with Crippen molar-refractivity contribution in [2.45, 2.75) is 0 Å². The number of carbonyl (C=O) groups excluding carboxylic acids is 1. The first-order chi connectivity index (χ1) is 9.10. The quantitative estimate of drug-likeness (QED) is 0.844. The van der Waals surface area contributed by atoms with Crippen molar-refractivity contribution < 1.29 is 9.53 Å². The zero-order chi connectivity index (χ0) is 13.8. The number of aromatic nitrogens is 1. The molecule has 0 fully saturated rings. The Labute approximate surface area is 115 Å². The van der Waals surface area contributed by atoms with Gasteiger partial charge in [0.1, 0.15) is 5.82 Å². The van der Waals surface area contributed by atoms with Crippen LogP contribution < -0.4 is 11.1 Å². The van der Waals surface area contributed by atoms with Gasteiger partial charge in [-0.3, -0.25) is 0 Å². The summed E-state index contributed by atoms with van der Waals surface area (Å²) < 4.78 is 4.66. The van der Waals surface area contributed by atoms with E-state index in [9.17, 15) is 4.79 Å². The normalized spacial score (nSPS) is 10.0. The lowest BCUT2D eigenvalue weighted by Crippen LogP contribution is -2.02. The molecular weight excluding hydrogens is 266 g/mol. The number of hydrogen-bond donors (Lipinski definition) is 2. The number of rotatable bonds is 3. The highest BCUT2D eigenvalue weighted by Gasteiger charge is 2.09. The Morgan fingerprint density at radius 3 is 2.79 bits per heavy atom. The molecule has 0 atom stereocenters. The minimum atomic E-state index is -0.426. The Bertz CT molecular complexity index is 599. The summed E-state index contributed by atoms with van der Waals surface area (Å²) in [5, 5.41) is 3.49. The standard InChI is InChI=1S/C13H12ClN3O2/c1-19-13(18)8-2-4-10(14)11(6-8)17-12-5-3-9(15)7-16-12/h2-7H,15H2,1H3,(H,16,17). The maximum absolute atomic E-state index is 11.4. The van der Waals surface area contributed by atoms with Crippen LogP contribution >= 0.6 is 11.6 Å². The van der Waals surface area contributed by atoms with Crippen LogP contribution in [-0.2, 0) is 4.74 Å². The molecular formula is C13H12ClN3O2. The predicted octanol–water partition coefficient (Wildman–Crippen LogP) is 2.85. The van der Waals surface area contributed by atoms with E-state index >= 15 is 0 Å². The predicted molar refractivity (Wildman–Crippen MR) is 74.7 cm³/mol. The van der Waals surface area contributed by atoms with Gasteiger partial charge < -0.3 is 15.8 Å².